The number of hydrogen-bond donors (Lipinski definition) is 5. The monoisotopic (exact) mass is 598 g/mol. The summed E-state index contributed by atoms with van der Waals surface area (Å²) >= 11 is 1.54. The average Bonchev–Trinajstić information content (AvgIpc) is 2.97. The first-order chi connectivity index (χ1) is 20.1. The maximum Gasteiger partial charge on any atom is 0.326 e. The molecule has 1 fully saturated rings. The van der Waals surface area contributed by atoms with Gasteiger partial charge in [0.25, 0.3) is 5.91 Å². The molecule has 1 aliphatic carbocycles. The van der Waals surface area contributed by atoms with Crippen molar-refractivity contribution in [2.75, 3.05) is 12.0 Å². The van der Waals surface area contributed by atoms with Crippen LogP contribution in [0, 0.1) is 18.8 Å². The van der Waals surface area contributed by atoms with Gasteiger partial charge in [-0.25, -0.2) is 4.79 Å². The van der Waals surface area contributed by atoms with Gasteiger partial charge in [0.05, 0.1) is 12.2 Å². The molecule has 42 heavy (non-hydrogen) atoms. The lowest BCUT2D eigenvalue weighted by molar-refractivity contribution is -0.139. The van der Waals surface area contributed by atoms with Crippen LogP contribution in [0.5, 0.6) is 0 Å². The van der Waals surface area contributed by atoms with E-state index in [4.69, 9.17) is 0 Å². The second-order valence-corrected chi connectivity index (χ2v) is 13.2. The van der Waals surface area contributed by atoms with E-state index in [0.717, 1.165) is 41.5 Å². The maximum absolute atomic E-state index is 13.4. The van der Waals surface area contributed by atoms with E-state index < -0.39 is 30.1 Å². The SMILES string of the molecule is CSCC[C@H](NC(=O)c1ccc(CNC(CC2CCCCC2)C(O)C(O)CC(C)C)cc1-c1ccccc1C)C(=O)O. The van der Waals surface area contributed by atoms with Gasteiger partial charge in [-0.05, 0) is 84.4 Å². The number of aliphatic carboxylic acids is 1. The zero-order valence-electron chi connectivity index (χ0n) is 25.6. The standard InChI is InChI=1S/C34H50N2O5S/c1-22(2)18-31(37)32(38)30(20-24-11-6-5-7-12-24)35-21-25-14-15-27(28(19-25)26-13-9-8-10-23(26)3)33(39)36-29(34(40)41)16-17-42-4/h8-10,13-15,19,22,24,29-32,35,37-38H,5-7,11-12,16-18,20-21H2,1-4H3,(H,36,39)(H,40,41)/t29-,30?,31?,32?/m0/s1. The Morgan fingerprint density at radius 3 is 2.38 bits per heavy atom. The minimum absolute atomic E-state index is 0.250. The van der Waals surface area contributed by atoms with Crippen molar-refractivity contribution in [2.45, 2.75) is 103 Å². The largest absolute Gasteiger partial charge is 0.480 e. The number of hydrogen-bond acceptors (Lipinski definition) is 6. The van der Waals surface area contributed by atoms with Gasteiger partial charge in [-0.1, -0.05) is 76.3 Å². The number of aryl methyl sites for hydroxylation is 1. The van der Waals surface area contributed by atoms with Gasteiger partial charge in [-0.3, -0.25) is 4.79 Å². The van der Waals surface area contributed by atoms with Crippen molar-refractivity contribution in [1.29, 1.82) is 0 Å². The van der Waals surface area contributed by atoms with Gasteiger partial charge in [-0.2, -0.15) is 11.8 Å². The molecule has 4 atom stereocenters. The molecule has 8 heteroatoms. The summed E-state index contributed by atoms with van der Waals surface area (Å²) < 4.78 is 0. The number of aliphatic hydroxyl groups excluding tert-OH is 2. The molecular formula is C34H50N2O5S. The fourth-order valence-corrected chi connectivity index (χ4v) is 6.46. The van der Waals surface area contributed by atoms with E-state index in [1.165, 1.54) is 19.3 Å². The van der Waals surface area contributed by atoms with Crippen molar-refractivity contribution in [3.05, 3.63) is 59.2 Å². The molecule has 0 radical (unpaired) electrons. The predicted octanol–water partition coefficient (Wildman–Crippen LogP) is 5.79. The molecule has 0 heterocycles. The third-order valence-corrected chi connectivity index (χ3v) is 9.02. The fraction of sp³-hybridized carbons (Fsp3) is 0.588. The minimum Gasteiger partial charge on any atom is -0.480 e. The topological polar surface area (TPSA) is 119 Å². The zero-order chi connectivity index (χ0) is 30.6. The molecule has 1 amide bonds. The molecule has 1 aliphatic rings. The number of carboxylic acids is 1. The highest BCUT2D eigenvalue weighted by Crippen LogP contribution is 2.31. The Labute approximate surface area is 255 Å². The van der Waals surface area contributed by atoms with Crippen molar-refractivity contribution < 1.29 is 24.9 Å². The molecule has 0 aromatic heterocycles. The predicted molar refractivity (Wildman–Crippen MR) is 172 cm³/mol. The lowest BCUT2D eigenvalue weighted by atomic mass is 9.82. The van der Waals surface area contributed by atoms with Gasteiger partial charge < -0.3 is 26.0 Å². The third-order valence-electron chi connectivity index (χ3n) is 8.38. The normalized spacial score (nSPS) is 17.0. The smallest absolute Gasteiger partial charge is 0.326 e. The molecule has 0 aliphatic heterocycles. The summed E-state index contributed by atoms with van der Waals surface area (Å²) in [6.07, 6.45) is 7.94. The number of carbonyl (C=O) groups is 2. The molecule has 0 spiro atoms. The first kappa shape index (κ1) is 34.1. The van der Waals surface area contributed by atoms with Crippen LogP contribution in [0.1, 0.15) is 86.7 Å². The van der Waals surface area contributed by atoms with Crippen LogP contribution in [-0.4, -0.2) is 63.5 Å². The second kappa shape index (κ2) is 17.0. The van der Waals surface area contributed by atoms with Crippen LogP contribution in [0.15, 0.2) is 42.5 Å². The number of carbonyl (C=O) groups excluding carboxylic acids is 1. The number of benzene rings is 2. The van der Waals surface area contributed by atoms with E-state index >= 15 is 0 Å². The van der Waals surface area contributed by atoms with Gasteiger partial charge >= 0.3 is 5.97 Å². The van der Waals surface area contributed by atoms with E-state index in [1.54, 1.807) is 17.8 Å². The number of nitrogens with one attached hydrogen (secondary N) is 2. The van der Waals surface area contributed by atoms with Crippen LogP contribution < -0.4 is 10.6 Å². The number of aliphatic hydroxyl groups is 2. The van der Waals surface area contributed by atoms with Gasteiger partial charge in [-0.15, -0.1) is 0 Å². The Hall–Kier alpha value is -2.39. The highest BCUT2D eigenvalue weighted by atomic mass is 32.2. The third kappa shape index (κ3) is 10.1. The number of amides is 1. The van der Waals surface area contributed by atoms with Crippen molar-refractivity contribution in [3.8, 4) is 11.1 Å². The molecule has 0 saturated heterocycles. The fourth-order valence-electron chi connectivity index (χ4n) is 5.99. The van der Waals surface area contributed by atoms with Crippen LogP contribution in [0.25, 0.3) is 11.1 Å². The molecule has 3 rings (SSSR count). The molecule has 7 nitrogen and oxygen atoms in total. The van der Waals surface area contributed by atoms with E-state index in [9.17, 15) is 24.9 Å². The van der Waals surface area contributed by atoms with E-state index in [2.05, 4.69) is 10.6 Å². The summed E-state index contributed by atoms with van der Waals surface area (Å²) in [5.41, 5.74) is 4.03. The summed E-state index contributed by atoms with van der Waals surface area (Å²) in [6, 6.07) is 12.3. The van der Waals surface area contributed by atoms with Crippen LogP contribution in [0.2, 0.25) is 0 Å². The maximum atomic E-state index is 13.4. The van der Waals surface area contributed by atoms with Gasteiger partial charge in [0.2, 0.25) is 0 Å². The summed E-state index contributed by atoms with van der Waals surface area (Å²) in [7, 11) is 0. The molecule has 2 aromatic rings. The van der Waals surface area contributed by atoms with Gasteiger partial charge in [0.1, 0.15) is 6.04 Å². The summed E-state index contributed by atoms with van der Waals surface area (Å²) in [6.45, 7) is 6.56. The van der Waals surface area contributed by atoms with E-state index in [0.29, 0.717) is 36.6 Å². The van der Waals surface area contributed by atoms with Gasteiger partial charge in [0, 0.05) is 18.2 Å². The molecule has 3 unspecified atom stereocenters. The molecular weight excluding hydrogens is 548 g/mol. The van der Waals surface area contributed by atoms with E-state index in [1.807, 2.05) is 63.4 Å². The lowest BCUT2D eigenvalue weighted by Gasteiger charge is -2.33. The first-order valence-electron chi connectivity index (χ1n) is 15.4. The molecule has 2 aromatic carbocycles. The van der Waals surface area contributed by atoms with Crippen molar-refractivity contribution in [1.82, 2.24) is 10.6 Å². The molecule has 0 bridgehead atoms. The van der Waals surface area contributed by atoms with Crippen LogP contribution in [0.4, 0.5) is 0 Å². The summed E-state index contributed by atoms with van der Waals surface area (Å²) in [5.74, 6) is -0.0194. The quantitative estimate of drug-likeness (QED) is 0.166. The van der Waals surface area contributed by atoms with Gasteiger partial charge in [0.15, 0.2) is 0 Å². The second-order valence-electron chi connectivity index (χ2n) is 12.3. The number of thioether (sulfide) groups is 1. The summed E-state index contributed by atoms with van der Waals surface area (Å²) in [4.78, 5) is 25.2. The highest BCUT2D eigenvalue weighted by Gasteiger charge is 2.30. The Kier molecular flexibility index (Phi) is 13.8. The number of rotatable bonds is 16. The van der Waals surface area contributed by atoms with Crippen molar-refractivity contribution >= 4 is 23.6 Å². The Morgan fingerprint density at radius 1 is 1.02 bits per heavy atom. The zero-order valence-corrected chi connectivity index (χ0v) is 26.5. The average molecular weight is 599 g/mol. The number of carboxylic acid groups (broad SMARTS) is 1. The minimum atomic E-state index is -1.04. The molecule has 5 N–H and O–H groups in total. The van der Waals surface area contributed by atoms with Crippen molar-refractivity contribution in [2.24, 2.45) is 11.8 Å². The van der Waals surface area contributed by atoms with Crippen molar-refractivity contribution in [3.63, 3.8) is 0 Å². The summed E-state index contributed by atoms with van der Waals surface area (Å²) in [5, 5.41) is 37.9. The van der Waals surface area contributed by atoms with E-state index in [-0.39, 0.29) is 12.0 Å². The molecule has 1 saturated carbocycles. The Balaban J connectivity index is 1.87. The van der Waals surface area contributed by atoms with Crippen LogP contribution in [-0.2, 0) is 11.3 Å². The Morgan fingerprint density at radius 2 is 1.74 bits per heavy atom. The Bertz CT molecular complexity index is 1150. The molecule has 232 valence electrons. The van der Waals surface area contributed by atoms with Crippen LogP contribution in [0.3, 0.4) is 0 Å². The lowest BCUT2D eigenvalue weighted by Crippen LogP contribution is -2.47. The first-order valence-corrected chi connectivity index (χ1v) is 16.8. The van der Waals surface area contributed by atoms with Crippen LogP contribution >= 0.6 is 11.8 Å². The highest BCUT2D eigenvalue weighted by molar-refractivity contribution is 7.98.